The van der Waals surface area contributed by atoms with Gasteiger partial charge in [-0.15, -0.1) is 0 Å². The van der Waals surface area contributed by atoms with Crippen molar-refractivity contribution >= 4 is 5.82 Å². The molecule has 1 aromatic rings. The normalized spacial score (nSPS) is 11.2. The van der Waals surface area contributed by atoms with Crippen LogP contribution in [0.1, 0.15) is 40.5 Å². The molecule has 1 aromatic heterocycles. The van der Waals surface area contributed by atoms with Crippen LogP contribution in [-0.4, -0.2) is 22.1 Å². The molecule has 0 saturated heterocycles. The highest BCUT2D eigenvalue weighted by molar-refractivity contribution is 5.36. The first kappa shape index (κ1) is 12.7. The second kappa shape index (κ2) is 5.68. The van der Waals surface area contributed by atoms with Crippen LogP contribution in [0.5, 0.6) is 5.88 Å². The Labute approximate surface area is 97.5 Å². The van der Waals surface area contributed by atoms with E-state index >= 15 is 0 Å². The number of rotatable bonds is 6. The summed E-state index contributed by atoms with van der Waals surface area (Å²) in [6, 6.07) is 1.84. The number of hydrogen-bond acceptors (Lipinski definition) is 4. The third kappa shape index (κ3) is 4.04. The minimum Gasteiger partial charge on any atom is -0.472 e. The Balaban J connectivity index is 2.67. The first-order chi connectivity index (χ1) is 7.57. The molecule has 0 bridgehead atoms. The van der Waals surface area contributed by atoms with Crippen molar-refractivity contribution < 1.29 is 4.74 Å². The molecule has 16 heavy (non-hydrogen) atoms. The molecule has 0 aliphatic rings. The van der Waals surface area contributed by atoms with Crippen molar-refractivity contribution in [2.75, 3.05) is 11.9 Å². The van der Waals surface area contributed by atoms with Crippen LogP contribution < -0.4 is 10.1 Å². The molecule has 90 valence electrons. The zero-order chi connectivity index (χ0) is 12.0. The maximum Gasteiger partial charge on any atom is 0.218 e. The molecule has 0 aromatic carbocycles. The number of hydrogen-bond donors (Lipinski definition) is 1. The summed E-state index contributed by atoms with van der Waals surface area (Å²) in [5.41, 5.74) is -0.184. The Morgan fingerprint density at radius 2 is 2.06 bits per heavy atom. The van der Waals surface area contributed by atoms with Gasteiger partial charge in [0.1, 0.15) is 17.7 Å². The molecule has 0 unspecified atom stereocenters. The van der Waals surface area contributed by atoms with Crippen LogP contribution in [0.25, 0.3) is 0 Å². The smallest absolute Gasteiger partial charge is 0.218 e. The molecule has 1 heterocycles. The summed E-state index contributed by atoms with van der Waals surface area (Å²) in [5, 5.41) is 3.21. The average Bonchev–Trinajstić information content (AvgIpc) is 2.26. The van der Waals surface area contributed by atoms with Gasteiger partial charge in [-0.2, -0.15) is 0 Å². The van der Waals surface area contributed by atoms with Gasteiger partial charge in [0.25, 0.3) is 0 Å². The number of anilines is 1. The maximum absolute atomic E-state index is 5.78. The van der Waals surface area contributed by atoms with Gasteiger partial charge in [0.2, 0.25) is 5.88 Å². The highest BCUT2D eigenvalue weighted by Crippen LogP contribution is 2.19. The fraction of sp³-hybridized carbons (Fsp3) is 0.667. The van der Waals surface area contributed by atoms with E-state index in [1.165, 1.54) is 6.33 Å². The second-order valence-electron chi connectivity index (χ2n) is 4.38. The molecule has 0 aliphatic carbocycles. The summed E-state index contributed by atoms with van der Waals surface area (Å²) in [7, 11) is 0. The molecule has 4 nitrogen and oxygen atoms in total. The van der Waals surface area contributed by atoms with Gasteiger partial charge in [0.15, 0.2) is 0 Å². The van der Waals surface area contributed by atoms with Crippen LogP contribution in [0.15, 0.2) is 12.4 Å². The molecule has 0 fully saturated rings. The maximum atomic E-state index is 5.78. The van der Waals surface area contributed by atoms with Gasteiger partial charge in [-0.25, -0.2) is 9.97 Å². The van der Waals surface area contributed by atoms with Crippen LogP contribution >= 0.6 is 0 Å². The molecule has 0 saturated carbocycles. The first-order valence-corrected chi connectivity index (χ1v) is 5.82. The van der Waals surface area contributed by atoms with Crippen molar-refractivity contribution in [3.8, 4) is 5.88 Å². The van der Waals surface area contributed by atoms with Crippen molar-refractivity contribution in [2.24, 2.45) is 0 Å². The van der Waals surface area contributed by atoms with E-state index in [2.05, 4.69) is 29.1 Å². The molecule has 0 aliphatic heterocycles. The lowest BCUT2D eigenvalue weighted by atomic mass is 10.1. The summed E-state index contributed by atoms with van der Waals surface area (Å²) in [5.74, 6) is 1.44. The first-order valence-electron chi connectivity index (χ1n) is 5.82. The fourth-order valence-electron chi connectivity index (χ4n) is 1.10. The molecule has 0 amide bonds. The van der Waals surface area contributed by atoms with E-state index in [0.717, 1.165) is 25.2 Å². The van der Waals surface area contributed by atoms with Crippen molar-refractivity contribution in [2.45, 2.75) is 46.1 Å². The summed E-state index contributed by atoms with van der Waals surface area (Å²) in [6.07, 6.45) is 3.54. The Morgan fingerprint density at radius 1 is 1.31 bits per heavy atom. The highest BCUT2D eigenvalue weighted by atomic mass is 16.5. The van der Waals surface area contributed by atoms with Crippen LogP contribution in [0.3, 0.4) is 0 Å². The zero-order valence-electron chi connectivity index (χ0n) is 10.6. The molecule has 1 N–H and O–H groups in total. The van der Waals surface area contributed by atoms with Gasteiger partial charge in [-0.1, -0.05) is 13.8 Å². The summed E-state index contributed by atoms with van der Waals surface area (Å²) in [4.78, 5) is 8.24. The van der Waals surface area contributed by atoms with Crippen molar-refractivity contribution in [1.29, 1.82) is 0 Å². The van der Waals surface area contributed by atoms with Gasteiger partial charge < -0.3 is 10.1 Å². The number of nitrogens with zero attached hydrogens (tertiary/aromatic N) is 2. The number of aromatic nitrogens is 2. The van der Waals surface area contributed by atoms with E-state index in [0.29, 0.717) is 5.88 Å². The lowest BCUT2D eigenvalue weighted by Crippen LogP contribution is -2.27. The van der Waals surface area contributed by atoms with Crippen molar-refractivity contribution in [1.82, 2.24) is 9.97 Å². The fourth-order valence-corrected chi connectivity index (χ4v) is 1.10. The quantitative estimate of drug-likeness (QED) is 0.805. The van der Waals surface area contributed by atoms with Gasteiger partial charge >= 0.3 is 0 Å². The van der Waals surface area contributed by atoms with E-state index in [-0.39, 0.29) is 5.60 Å². The minimum absolute atomic E-state index is 0.184. The molecule has 0 radical (unpaired) electrons. The lowest BCUT2D eigenvalue weighted by molar-refractivity contribution is 0.0989. The predicted octanol–water partition coefficient (Wildman–Crippen LogP) is 2.87. The van der Waals surface area contributed by atoms with Crippen molar-refractivity contribution in [3.05, 3.63) is 12.4 Å². The SMILES string of the molecule is CCCNc1cc(OC(C)(C)CC)ncn1. The van der Waals surface area contributed by atoms with Crippen LogP contribution in [0, 0.1) is 0 Å². The molecule has 4 heteroatoms. The van der Waals surface area contributed by atoms with E-state index in [4.69, 9.17) is 4.74 Å². The average molecular weight is 223 g/mol. The lowest BCUT2D eigenvalue weighted by Gasteiger charge is -2.23. The molecule has 0 spiro atoms. The zero-order valence-corrected chi connectivity index (χ0v) is 10.6. The van der Waals surface area contributed by atoms with E-state index in [1.54, 1.807) is 0 Å². The highest BCUT2D eigenvalue weighted by Gasteiger charge is 2.17. The Bertz CT molecular complexity index is 326. The molecule has 1 rings (SSSR count). The molecular weight excluding hydrogens is 202 g/mol. The van der Waals surface area contributed by atoms with Gasteiger partial charge in [-0.3, -0.25) is 0 Å². The van der Waals surface area contributed by atoms with Crippen molar-refractivity contribution in [3.63, 3.8) is 0 Å². The van der Waals surface area contributed by atoms with Crippen LogP contribution in [0.2, 0.25) is 0 Å². The molecular formula is C12H21N3O. The third-order valence-electron chi connectivity index (χ3n) is 2.43. The monoisotopic (exact) mass is 223 g/mol. The van der Waals surface area contributed by atoms with Crippen LogP contribution in [-0.2, 0) is 0 Å². The van der Waals surface area contributed by atoms with Gasteiger partial charge in [0, 0.05) is 12.6 Å². The summed E-state index contributed by atoms with van der Waals surface area (Å²) >= 11 is 0. The third-order valence-corrected chi connectivity index (χ3v) is 2.43. The second-order valence-corrected chi connectivity index (χ2v) is 4.38. The van der Waals surface area contributed by atoms with Gasteiger partial charge in [0.05, 0.1) is 0 Å². The van der Waals surface area contributed by atoms with Gasteiger partial charge in [-0.05, 0) is 26.7 Å². The molecule has 0 atom stereocenters. The topological polar surface area (TPSA) is 47.0 Å². The summed E-state index contributed by atoms with van der Waals surface area (Å²) < 4.78 is 5.78. The van der Waals surface area contributed by atoms with E-state index in [1.807, 2.05) is 19.9 Å². The summed E-state index contributed by atoms with van der Waals surface area (Å²) in [6.45, 7) is 9.22. The van der Waals surface area contributed by atoms with E-state index < -0.39 is 0 Å². The Kier molecular flexibility index (Phi) is 4.52. The standard InChI is InChI=1S/C12H21N3O/c1-5-7-13-10-8-11(15-9-14-10)16-12(3,4)6-2/h8-9H,5-7H2,1-4H3,(H,13,14,15). The van der Waals surface area contributed by atoms with E-state index in [9.17, 15) is 0 Å². The minimum atomic E-state index is -0.184. The largest absolute Gasteiger partial charge is 0.472 e. The van der Waals surface area contributed by atoms with Crippen LogP contribution in [0.4, 0.5) is 5.82 Å². The number of nitrogens with one attached hydrogen (secondary N) is 1. The number of ether oxygens (including phenoxy) is 1. The Hall–Kier alpha value is -1.32. The predicted molar refractivity (Wildman–Crippen MR) is 65.8 cm³/mol. The Morgan fingerprint density at radius 3 is 2.69 bits per heavy atom.